The van der Waals surface area contributed by atoms with Gasteiger partial charge in [-0.05, 0) is 57.2 Å². The van der Waals surface area contributed by atoms with Crippen LogP contribution in [0.1, 0.15) is 66.3 Å². The van der Waals surface area contributed by atoms with Gasteiger partial charge >= 0.3 is 0 Å². The molecule has 2 heterocycles. The van der Waals surface area contributed by atoms with E-state index in [1.807, 2.05) is 13.8 Å². The number of amides is 1. The number of aryl methyl sites for hydroxylation is 2. The van der Waals surface area contributed by atoms with E-state index in [2.05, 4.69) is 35.8 Å². The highest BCUT2D eigenvalue weighted by atomic mass is 32.2. The molecule has 0 aromatic carbocycles. The molecule has 2 unspecified atom stereocenters. The number of hydrogen-bond acceptors (Lipinski definition) is 10. The van der Waals surface area contributed by atoms with E-state index in [4.69, 9.17) is 9.47 Å². The van der Waals surface area contributed by atoms with Gasteiger partial charge in [-0.1, -0.05) is 6.92 Å². The first-order valence-electron chi connectivity index (χ1n) is 12.6. The van der Waals surface area contributed by atoms with E-state index in [0.717, 1.165) is 30.4 Å². The van der Waals surface area contributed by atoms with Crippen LogP contribution in [0, 0.1) is 13.8 Å². The molecular formula is C25H39N7O5S. The molecule has 6 atom stereocenters. The first kappa shape index (κ1) is 30.0. The lowest BCUT2D eigenvalue weighted by molar-refractivity contribution is -0.0466. The molecular weight excluding hydrogens is 510 g/mol. The number of aromatic nitrogens is 3. The molecule has 3 rings (SSSR count). The first-order chi connectivity index (χ1) is 18.1. The van der Waals surface area contributed by atoms with Gasteiger partial charge in [0.1, 0.15) is 12.1 Å². The number of carbonyl (C=O) groups excluding carboxylic acids is 1. The van der Waals surface area contributed by atoms with Crippen molar-refractivity contribution in [3.05, 3.63) is 53.4 Å². The molecule has 0 radical (unpaired) electrons. The van der Waals surface area contributed by atoms with Crippen molar-refractivity contribution in [2.24, 2.45) is 0 Å². The van der Waals surface area contributed by atoms with Crippen molar-refractivity contribution in [3.63, 3.8) is 0 Å². The lowest BCUT2D eigenvalue weighted by Crippen LogP contribution is -2.67. The molecule has 38 heavy (non-hydrogen) atoms. The first-order valence-corrected chi connectivity index (χ1v) is 14.2. The Balaban J connectivity index is 1.81. The van der Waals surface area contributed by atoms with Crippen LogP contribution in [0.5, 0.6) is 0 Å². The summed E-state index contributed by atoms with van der Waals surface area (Å²) in [6.45, 7) is 7.06. The van der Waals surface area contributed by atoms with Crippen LogP contribution in [0.3, 0.4) is 0 Å². The van der Waals surface area contributed by atoms with Crippen LogP contribution in [-0.2, 0) is 19.5 Å². The number of methoxy groups -OCH3 is 2. The molecule has 0 spiro atoms. The molecule has 0 aliphatic heterocycles. The molecule has 1 aliphatic rings. The van der Waals surface area contributed by atoms with Gasteiger partial charge in [0.2, 0.25) is 10.0 Å². The predicted octanol–water partition coefficient (Wildman–Crippen LogP) is 1.29. The highest BCUT2D eigenvalue weighted by Crippen LogP contribution is 2.24. The van der Waals surface area contributed by atoms with Gasteiger partial charge in [-0.3, -0.25) is 20.5 Å². The van der Waals surface area contributed by atoms with Crippen molar-refractivity contribution in [1.29, 1.82) is 0 Å². The average molecular weight is 550 g/mol. The fourth-order valence-electron chi connectivity index (χ4n) is 4.44. The largest absolute Gasteiger partial charge is 0.380 e. The summed E-state index contributed by atoms with van der Waals surface area (Å²) in [5, 5.41) is 2.38. The van der Waals surface area contributed by atoms with Crippen molar-refractivity contribution in [3.8, 4) is 0 Å². The lowest BCUT2D eigenvalue weighted by Gasteiger charge is -2.39. The Hall–Kier alpha value is -2.55. The van der Waals surface area contributed by atoms with Crippen LogP contribution < -0.4 is 20.9 Å². The van der Waals surface area contributed by atoms with Gasteiger partial charge in [-0.25, -0.2) is 23.8 Å². The second-order valence-electron chi connectivity index (χ2n) is 9.73. The summed E-state index contributed by atoms with van der Waals surface area (Å²) in [6, 6.07) is 1.34. The molecule has 1 fully saturated rings. The van der Waals surface area contributed by atoms with Crippen LogP contribution in [-0.4, -0.2) is 73.3 Å². The van der Waals surface area contributed by atoms with Gasteiger partial charge in [0.25, 0.3) is 5.91 Å². The maximum Gasteiger partial charge on any atom is 0.267 e. The lowest BCUT2D eigenvalue weighted by atomic mass is 9.89. The number of pyridine rings is 1. The van der Waals surface area contributed by atoms with Crippen molar-refractivity contribution >= 4 is 15.9 Å². The van der Waals surface area contributed by atoms with Crippen molar-refractivity contribution in [2.75, 3.05) is 14.2 Å². The Morgan fingerprint density at radius 3 is 2.21 bits per heavy atom. The van der Waals surface area contributed by atoms with Crippen LogP contribution >= 0.6 is 0 Å². The van der Waals surface area contributed by atoms with Crippen LogP contribution in [0.2, 0.25) is 0 Å². The molecule has 1 aliphatic carbocycles. The number of hydrogen-bond donors (Lipinski definition) is 4. The van der Waals surface area contributed by atoms with Gasteiger partial charge in [0.05, 0.1) is 29.1 Å². The smallest absolute Gasteiger partial charge is 0.267 e. The molecule has 13 heteroatoms. The van der Waals surface area contributed by atoms with Crippen molar-refractivity contribution < 1.29 is 22.7 Å². The second kappa shape index (κ2) is 13.5. The third-order valence-corrected chi connectivity index (χ3v) is 8.85. The number of nitrogens with one attached hydrogen (secondary N) is 4. The fraction of sp³-hybridized carbons (Fsp3) is 0.600. The minimum Gasteiger partial charge on any atom is -0.380 e. The highest BCUT2D eigenvalue weighted by Gasteiger charge is 2.37. The normalized spacial score (nSPS) is 22.4. The molecule has 2 aromatic heterocycles. The van der Waals surface area contributed by atoms with Crippen LogP contribution in [0.25, 0.3) is 0 Å². The fourth-order valence-corrected chi connectivity index (χ4v) is 5.77. The topological polar surface area (TPSA) is 156 Å². The minimum atomic E-state index is -3.94. The molecule has 0 bridgehead atoms. The summed E-state index contributed by atoms with van der Waals surface area (Å²) in [5.74, 6) is -0.524. The summed E-state index contributed by atoms with van der Waals surface area (Å²) >= 11 is 0. The van der Waals surface area contributed by atoms with Gasteiger partial charge in [0.15, 0.2) is 0 Å². The summed E-state index contributed by atoms with van der Waals surface area (Å²) in [5.41, 5.74) is 7.43. The van der Waals surface area contributed by atoms with Crippen molar-refractivity contribution in [2.45, 2.75) is 82.7 Å². The molecule has 0 saturated heterocycles. The SMILES string of the molecule is CO[C@H]1CCC[C@@H](OC)C1NC(NNC(=O)c1cncc(C)c1)NS(=O)(=O)[C@@H](C)[C@H](C)c1ncc(C)cn1. The Kier molecular flexibility index (Phi) is 10.7. The monoisotopic (exact) mass is 549 g/mol. The van der Waals surface area contributed by atoms with E-state index in [1.165, 1.54) is 6.20 Å². The standard InChI is InChI=1S/C25H39N7O5S/c1-15-10-19(14-26-11-15)24(33)30-31-25(29-22-20(36-5)8-7-9-21(22)37-6)32-38(34,35)18(4)17(3)23-27-12-16(2)13-28-23/h10-14,17-18,20-22,25,29,31-32H,7-9H2,1-6H3,(H,30,33)/t17-,18-,20-,21+,22?,25?/m0/s1. The van der Waals surface area contributed by atoms with Gasteiger partial charge in [-0.15, -0.1) is 0 Å². The molecule has 2 aromatic rings. The van der Waals surface area contributed by atoms with Crippen LogP contribution in [0.4, 0.5) is 0 Å². The summed E-state index contributed by atoms with van der Waals surface area (Å²) in [7, 11) is -0.710. The predicted molar refractivity (Wildman–Crippen MR) is 142 cm³/mol. The number of nitrogens with zero attached hydrogens (tertiary/aromatic N) is 3. The van der Waals surface area contributed by atoms with Crippen LogP contribution in [0.15, 0.2) is 30.9 Å². The Morgan fingerprint density at radius 2 is 1.63 bits per heavy atom. The zero-order valence-corrected chi connectivity index (χ0v) is 23.6. The molecule has 1 amide bonds. The zero-order chi connectivity index (χ0) is 27.9. The van der Waals surface area contributed by atoms with Gasteiger partial charge < -0.3 is 9.47 Å². The van der Waals surface area contributed by atoms with E-state index >= 15 is 0 Å². The highest BCUT2D eigenvalue weighted by molar-refractivity contribution is 7.90. The van der Waals surface area contributed by atoms with Gasteiger partial charge in [-0.2, -0.15) is 4.72 Å². The average Bonchev–Trinajstić information content (AvgIpc) is 2.91. The second-order valence-corrected chi connectivity index (χ2v) is 11.8. The third kappa shape index (κ3) is 7.74. The number of ether oxygens (including phenoxy) is 2. The Morgan fingerprint density at radius 1 is 1.00 bits per heavy atom. The third-order valence-electron chi connectivity index (χ3n) is 6.89. The maximum atomic E-state index is 13.5. The van der Waals surface area contributed by atoms with E-state index in [-0.39, 0.29) is 18.2 Å². The number of rotatable bonds is 12. The quantitative estimate of drug-likeness (QED) is 0.225. The van der Waals surface area contributed by atoms with E-state index in [9.17, 15) is 13.2 Å². The maximum absolute atomic E-state index is 13.5. The number of hydrazine groups is 1. The van der Waals surface area contributed by atoms with E-state index in [0.29, 0.717) is 11.4 Å². The number of carbonyl (C=O) groups is 1. The van der Waals surface area contributed by atoms with E-state index in [1.54, 1.807) is 52.7 Å². The Labute approximate surface area is 224 Å². The summed E-state index contributed by atoms with van der Waals surface area (Å²) in [6.07, 6.45) is 7.38. The van der Waals surface area contributed by atoms with Gasteiger partial charge in [0, 0.05) is 44.9 Å². The van der Waals surface area contributed by atoms with Crippen molar-refractivity contribution in [1.82, 2.24) is 35.8 Å². The Bertz CT molecular complexity index is 1150. The molecule has 12 nitrogen and oxygen atoms in total. The minimum absolute atomic E-state index is 0.212. The molecule has 1 saturated carbocycles. The zero-order valence-electron chi connectivity index (χ0n) is 22.8. The molecule has 4 N–H and O–H groups in total. The molecule has 210 valence electrons. The number of sulfonamides is 1. The summed E-state index contributed by atoms with van der Waals surface area (Å²) in [4.78, 5) is 25.4. The van der Waals surface area contributed by atoms with E-state index < -0.39 is 33.4 Å². The summed E-state index contributed by atoms with van der Waals surface area (Å²) < 4.78 is 41.0.